The molecule has 0 saturated carbocycles. The number of carboxylic acids is 1. The van der Waals surface area contributed by atoms with Gasteiger partial charge >= 0.3 is 5.97 Å². The van der Waals surface area contributed by atoms with Crippen LogP contribution < -0.4 is 9.47 Å². The van der Waals surface area contributed by atoms with Crippen molar-refractivity contribution in [2.24, 2.45) is 0 Å². The first-order chi connectivity index (χ1) is 7.11. The predicted molar refractivity (Wildman–Crippen MR) is 52.0 cm³/mol. The maximum absolute atomic E-state index is 13.7. The Hall–Kier alpha value is -1.30. The molecule has 1 aromatic rings. The Bertz CT molecular complexity index is 433. The number of fused-ring (bicyclic) bond motifs is 1. The van der Waals surface area contributed by atoms with Gasteiger partial charge in [-0.25, -0.2) is 9.18 Å². The van der Waals surface area contributed by atoms with Crippen LogP contribution in [0.15, 0.2) is 10.5 Å². The Balaban J connectivity index is 2.64. The van der Waals surface area contributed by atoms with Gasteiger partial charge in [-0.2, -0.15) is 0 Å². The summed E-state index contributed by atoms with van der Waals surface area (Å²) in [5.74, 6) is -2.18. The highest BCUT2D eigenvalue weighted by atomic mass is 79.9. The van der Waals surface area contributed by atoms with Gasteiger partial charge in [-0.3, -0.25) is 0 Å². The van der Waals surface area contributed by atoms with Crippen LogP contribution in [-0.2, 0) is 0 Å². The highest BCUT2D eigenvalue weighted by Crippen LogP contribution is 2.38. The Morgan fingerprint density at radius 2 is 2.13 bits per heavy atom. The number of benzene rings is 1. The van der Waals surface area contributed by atoms with Crippen LogP contribution in [0.5, 0.6) is 11.5 Å². The number of carbonyl (C=O) groups is 1. The molecule has 2 rings (SSSR count). The third kappa shape index (κ3) is 1.65. The van der Waals surface area contributed by atoms with Crippen LogP contribution in [0.4, 0.5) is 4.39 Å². The van der Waals surface area contributed by atoms with Gasteiger partial charge in [0.15, 0.2) is 17.3 Å². The molecule has 1 aromatic carbocycles. The Labute approximate surface area is 92.7 Å². The number of carboxylic acid groups (broad SMARTS) is 1. The van der Waals surface area contributed by atoms with E-state index in [1.54, 1.807) is 0 Å². The first-order valence-corrected chi connectivity index (χ1v) is 4.91. The summed E-state index contributed by atoms with van der Waals surface area (Å²) in [7, 11) is 0. The lowest BCUT2D eigenvalue weighted by Crippen LogP contribution is -2.18. The summed E-state index contributed by atoms with van der Waals surface area (Å²) in [5, 5.41) is 8.78. The summed E-state index contributed by atoms with van der Waals surface area (Å²) in [6, 6.07) is 1.39. The third-order valence-corrected chi connectivity index (χ3v) is 2.57. The average Bonchev–Trinajstić information content (AvgIpc) is 2.17. The summed E-state index contributed by atoms with van der Waals surface area (Å²) in [4.78, 5) is 10.8. The van der Waals surface area contributed by atoms with Crippen molar-refractivity contribution in [1.82, 2.24) is 0 Å². The second-order valence-electron chi connectivity index (χ2n) is 2.88. The van der Waals surface area contributed by atoms with Crippen molar-refractivity contribution in [1.29, 1.82) is 0 Å². The third-order valence-electron chi connectivity index (χ3n) is 1.94. The van der Waals surface area contributed by atoms with Gasteiger partial charge in [0.1, 0.15) is 18.8 Å². The fourth-order valence-corrected chi connectivity index (χ4v) is 1.86. The van der Waals surface area contributed by atoms with E-state index in [4.69, 9.17) is 14.6 Å². The number of ether oxygens (including phenoxy) is 2. The van der Waals surface area contributed by atoms with Crippen LogP contribution in [-0.4, -0.2) is 24.3 Å². The van der Waals surface area contributed by atoms with Crippen molar-refractivity contribution in [2.45, 2.75) is 0 Å². The van der Waals surface area contributed by atoms with E-state index in [2.05, 4.69) is 15.9 Å². The molecule has 15 heavy (non-hydrogen) atoms. The maximum Gasteiger partial charge on any atom is 0.340 e. The number of hydrogen-bond acceptors (Lipinski definition) is 3. The smallest absolute Gasteiger partial charge is 0.340 e. The Morgan fingerprint density at radius 1 is 1.47 bits per heavy atom. The van der Waals surface area contributed by atoms with Crippen molar-refractivity contribution in [2.75, 3.05) is 13.2 Å². The Morgan fingerprint density at radius 3 is 2.80 bits per heavy atom. The van der Waals surface area contributed by atoms with Crippen molar-refractivity contribution in [3.05, 3.63) is 21.9 Å². The second kappa shape index (κ2) is 3.69. The number of rotatable bonds is 1. The van der Waals surface area contributed by atoms with Crippen LogP contribution >= 0.6 is 15.9 Å². The molecule has 0 atom stereocenters. The van der Waals surface area contributed by atoms with Gasteiger partial charge in [-0.1, -0.05) is 0 Å². The minimum Gasteiger partial charge on any atom is -0.486 e. The molecule has 0 aliphatic carbocycles. The SMILES string of the molecule is O=C(O)c1c(Br)cc2c(c1F)OCCO2. The van der Waals surface area contributed by atoms with Gasteiger partial charge in [0, 0.05) is 4.47 Å². The van der Waals surface area contributed by atoms with Crippen LogP contribution in [0.3, 0.4) is 0 Å². The molecule has 0 unspecified atom stereocenters. The highest BCUT2D eigenvalue weighted by molar-refractivity contribution is 9.10. The van der Waals surface area contributed by atoms with Crippen LogP contribution in [0.25, 0.3) is 0 Å². The summed E-state index contributed by atoms with van der Waals surface area (Å²) in [6.45, 7) is 0.538. The first kappa shape index (κ1) is 10.2. The zero-order valence-corrected chi connectivity index (χ0v) is 9.01. The van der Waals surface area contributed by atoms with E-state index in [9.17, 15) is 9.18 Å². The standard InChI is InChI=1S/C9H6BrFO4/c10-4-3-5-8(15-2-1-14-5)7(11)6(4)9(12)13/h3H,1-2H2,(H,12,13). The molecule has 0 saturated heterocycles. The molecular weight excluding hydrogens is 271 g/mol. The zero-order valence-electron chi connectivity index (χ0n) is 7.42. The summed E-state index contributed by atoms with van der Waals surface area (Å²) in [6.07, 6.45) is 0. The quantitative estimate of drug-likeness (QED) is 0.853. The zero-order chi connectivity index (χ0) is 11.0. The highest BCUT2D eigenvalue weighted by Gasteiger charge is 2.25. The lowest BCUT2D eigenvalue weighted by Gasteiger charge is -2.19. The van der Waals surface area contributed by atoms with Crippen molar-refractivity contribution in [3.63, 3.8) is 0 Å². The predicted octanol–water partition coefficient (Wildman–Crippen LogP) is 2.06. The van der Waals surface area contributed by atoms with Crippen molar-refractivity contribution in [3.8, 4) is 11.5 Å². The molecule has 1 heterocycles. The minimum atomic E-state index is -1.35. The van der Waals surface area contributed by atoms with E-state index in [0.29, 0.717) is 6.61 Å². The number of aromatic carboxylic acids is 1. The fourth-order valence-electron chi connectivity index (χ4n) is 1.31. The summed E-state index contributed by atoms with van der Waals surface area (Å²) in [5.41, 5.74) is -0.445. The lowest BCUT2D eigenvalue weighted by molar-refractivity contribution is 0.0688. The van der Waals surface area contributed by atoms with E-state index in [1.165, 1.54) is 6.07 Å². The first-order valence-electron chi connectivity index (χ1n) is 4.12. The van der Waals surface area contributed by atoms with Gasteiger partial charge in [0.05, 0.1) is 0 Å². The molecule has 0 fully saturated rings. The monoisotopic (exact) mass is 276 g/mol. The largest absolute Gasteiger partial charge is 0.486 e. The lowest BCUT2D eigenvalue weighted by atomic mass is 10.2. The summed E-state index contributed by atoms with van der Waals surface area (Å²) >= 11 is 2.97. The van der Waals surface area contributed by atoms with Gasteiger partial charge < -0.3 is 14.6 Å². The normalized spacial score (nSPS) is 13.7. The number of halogens is 2. The van der Waals surface area contributed by atoms with Crippen LogP contribution in [0.2, 0.25) is 0 Å². The topological polar surface area (TPSA) is 55.8 Å². The fraction of sp³-hybridized carbons (Fsp3) is 0.222. The van der Waals surface area contributed by atoms with Gasteiger partial charge in [0.2, 0.25) is 0 Å². The van der Waals surface area contributed by atoms with E-state index >= 15 is 0 Å². The van der Waals surface area contributed by atoms with E-state index in [0.717, 1.165) is 0 Å². The molecule has 0 aromatic heterocycles. The molecule has 6 heteroatoms. The molecular formula is C9H6BrFO4. The molecule has 0 radical (unpaired) electrons. The Kier molecular flexibility index (Phi) is 2.52. The molecule has 0 bridgehead atoms. The van der Waals surface area contributed by atoms with Crippen LogP contribution in [0, 0.1) is 5.82 Å². The molecule has 1 aliphatic heterocycles. The van der Waals surface area contributed by atoms with E-state index in [1.807, 2.05) is 0 Å². The van der Waals surface area contributed by atoms with Gasteiger partial charge in [-0.15, -0.1) is 0 Å². The van der Waals surface area contributed by atoms with Crippen LogP contribution in [0.1, 0.15) is 10.4 Å². The van der Waals surface area contributed by atoms with Crippen molar-refractivity contribution < 1.29 is 23.8 Å². The second-order valence-corrected chi connectivity index (χ2v) is 3.73. The molecule has 1 aliphatic rings. The van der Waals surface area contributed by atoms with E-state index in [-0.39, 0.29) is 22.6 Å². The molecule has 4 nitrogen and oxygen atoms in total. The number of hydrogen-bond donors (Lipinski definition) is 1. The van der Waals surface area contributed by atoms with Gasteiger partial charge in [0.25, 0.3) is 0 Å². The summed E-state index contributed by atoms with van der Waals surface area (Å²) < 4.78 is 23.9. The maximum atomic E-state index is 13.7. The van der Waals surface area contributed by atoms with Gasteiger partial charge in [-0.05, 0) is 22.0 Å². The molecule has 0 amide bonds. The molecule has 80 valence electrons. The average molecular weight is 277 g/mol. The van der Waals surface area contributed by atoms with E-state index < -0.39 is 17.3 Å². The minimum absolute atomic E-state index is 0.136. The molecule has 0 spiro atoms. The van der Waals surface area contributed by atoms with Crippen molar-refractivity contribution >= 4 is 21.9 Å². The molecule has 1 N–H and O–H groups in total.